The van der Waals surface area contributed by atoms with Gasteiger partial charge in [-0.2, -0.15) is 0 Å². The molecular weight excluding hydrogens is 236 g/mol. The number of rotatable bonds is 3. The number of hydrogen-bond donors (Lipinski definition) is 2. The van der Waals surface area contributed by atoms with Gasteiger partial charge in [-0.25, -0.2) is 0 Å². The number of carbonyl (C=O) groups is 1. The first-order valence-corrected chi connectivity index (χ1v) is 6.91. The summed E-state index contributed by atoms with van der Waals surface area (Å²) >= 11 is 1.21. The largest absolute Gasteiger partial charge is 0.374 e. The average Bonchev–Trinajstić information content (AvgIpc) is 2.95. The van der Waals surface area contributed by atoms with Crippen molar-refractivity contribution in [2.24, 2.45) is 17.8 Å². The fourth-order valence-electron chi connectivity index (χ4n) is 3.32. The Labute approximate surface area is 104 Å². The zero-order valence-corrected chi connectivity index (χ0v) is 10.4. The van der Waals surface area contributed by atoms with Gasteiger partial charge in [0.25, 0.3) is 0 Å². The van der Waals surface area contributed by atoms with Gasteiger partial charge in [0.05, 0.1) is 0 Å². The van der Waals surface area contributed by atoms with Crippen LogP contribution in [0, 0.1) is 17.8 Å². The van der Waals surface area contributed by atoms with Crippen molar-refractivity contribution in [1.82, 2.24) is 10.2 Å². The van der Waals surface area contributed by atoms with Gasteiger partial charge in [0.15, 0.2) is 0 Å². The molecule has 5 nitrogen and oxygen atoms in total. The lowest BCUT2D eigenvalue weighted by molar-refractivity contribution is -0.117. The molecule has 3 N–H and O–H groups in total. The Balaban J connectivity index is 1.54. The van der Waals surface area contributed by atoms with Gasteiger partial charge in [-0.3, -0.25) is 4.79 Å². The van der Waals surface area contributed by atoms with Crippen molar-refractivity contribution >= 4 is 27.5 Å². The summed E-state index contributed by atoms with van der Waals surface area (Å²) in [5.41, 5.74) is 5.46. The minimum atomic E-state index is 0.0544. The first kappa shape index (κ1) is 11.0. The van der Waals surface area contributed by atoms with Gasteiger partial charge in [-0.15, -0.1) is 10.2 Å². The zero-order valence-electron chi connectivity index (χ0n) is 9.56. The molecule has 2 aliphatic carbocycles. The summed E-state index contributed by atoms with van der Waals surface area (Å²) in [6.07, 6.45) is 5.88. The lowest BCUT2D eigenvalue weighted by Crippen LogP contribution is -2.20. The third-order valence-electron chi connectivity index (χ3n) is 4.02. The maximum atomic E-state index is 11.8. The molecule has 2 saturated carbocycles. The lowest BCUT2D eigenvalue weighted by Gasteiger charge is -2.20. The van der Waals surface area contributed by atoms with Crippen LogP contribution in [0.1, 0.15) is 32.1 Å². The predicted octanol–water partition coefficient (Wildman–Crippen LogP) is 1.89. The fraction of sp³-hybridized carbons (Fsp3) is 0.727. The molecule has 3 unspecified atom stereocenters. The van der Waals surface area contributed by atoms with Gasteiger partial charge < -0.3 is 11.1 Å². The van der Waals surface area contributed by atoms with E-state index in [-0.39, 0.29) is 5.91 Å². The summed E-state index contributed by atoms with van der Waals surface area (Å²) in [6.45, 7) is 0. The number of nitrogen functional groups attached to an aromatic ring is 1. The summed E-state index contributed by atoms with van der Waals surface area (Å²) < 4.78 is 0. The minimum Gasteiger partial charge on any atom is -0.374 e. The topological polar surface area (TPSA) is 80.9 Å². The molecule has 6 heteroatoms. The third kappa shape index (κ3) is 2.26. The highest BCUT2D eigenvalue weighted by molar-refractivity contribution is 7.18. The molecule has 0 spiro atoms. The van der Waals surface area contributed by atoms with Gasteiger partial charge in [-0.05, 0) is 37.0 Å². The van der Waals surface area contributed by atoms with Crippen LogP contribution >= 0.6 is 11.3 Å². The second kappa shape index (κ2) is 4.25. The van der Waals surface area contributed by atoms with Crippen LogP contribution in [0.3, 0.4) is 0 Å². The molecule has 2 fully saturated rings. The van der Waals surface area contributed by atoms with Crippen LogP contribution < -0.4 is 11.1 Å². The fourth-order valence-corrected chi connectivity index (χ4v) is 3.85. The Morgan fingerprint density at radius 1 is 1.41 bits per heavy atom. The molecule has 0 aromatic carbocycles. The van der Waals surface area contributed by atoms with E-state index in [0.717, 1.165) is 11.8 Å². The summed E-state index contributed by atoms with van der Waals surface area (Å²) in [5, 5.41) is 11.1. The Morgan fingerprint density at radius 3 is 2.88 bits per heavy atom. The zero-order chi connectivity index (χ0) is 11.8. The number of nitrogens with two attached hydrogens (primary N) is 1. The van der Waals surface area contributed by atoms with E-state index in [9.17, 15) is 4.79 Å². The van der Waals surface area contributed by atoms with Crippen LogP contribution in [0.2, 0.25) is 0 Å². The van der Waals surface area contributed by atoms with Crippen LogP contribution in [0.25, 0.3) is 0 Å². The molecule has 2 bridgehead atoms. The first-order chi connectivity index (χ1) is 8.20. The molecule has 17 heavy (non-hydrogen) atoms. The summed E-state index contributed by atoms with van der Waals surface area (Å²) in [4.78, 5) is 11.8. The van der Waals surface area contributed by atoms with Crippen LogP contribution in [0.5, 0.6) is 0 Å². The minimum absolute atomic E-state index is 0.0544. The van der Waals surface area contributed by atoms with E-state index in [2.05, 4.69) is 15.5 Å². The molecule has 1 amide bonds. The van der Waals surface area contributed by atoms with E-state index in [1.54, 1.807) is 0 Å². The maximum Gasteiger partial charge on any atom is 0.226 e. The highest BCUT2D eigenvalue weighted by Crippen LogP contribution is 2.49. The Hall–Kier alpha value is -1.17. The Bertz CT molecular complexity index is 433. The van der Waals surface area contributed by atoms with Crippen LogP contribution in [0.15, 0.2) is 0 Å². The predicted molar refractivity (Wildman–Crippen MR) is 66.5 cm³/mol. The molecule has 3 atom stereocenters. The number of carbonyl (C=O) groups excluding carboxylic acids is 1. The van der Waals surface area contributed by atoms with E-state index < -0.39 is 0 Å². The second-order valence-electron chi connectivity index (χ2n) is 5.13. The number of amides is 1. The number of aromatic nitrogens is 2. The van der Waals surface area contributed by atoms with Crippen molar-refractivity contribution in [3.8, 4) is 0 Å². The van der Waals surface area contributed by atoms with Crippen molar-refractivity contribution in [3.63, 3.8) is 0 Å². The smallest absolute Gasteiger partial charge is 0.226 e. The maximum absolute atomic E-state index is 11.8. The number of anilines is 2. The van der Waals surface area contributed by atoms with Crippen molar-refractivity contribution in [1.29, 1.82) is 0 Å². The SMILES string of the molecule is Nc1nnc(NC(=O)CC2CC3CCC2C3)s1. The highest BCUT2D eigenvalue weighted by atomic mass is 32.1. The van der Waals surface area contributed by atoms with Gasteiger partial charge in [0.1, 0.15) is 0 Å². The van der Waals surface area contributed by atoms with Gasteiger partial charge >= 0.3 is 0 Å². The van der Waals surface area contributed by atoms with Crippen molar-refractivity contribution in [2.45, 2.75) is 32.1 Å². The molecule has 1 heterocycles. The quantitative estimate of drug-likeness (QED) is 0.860. The van der Waals surface area contributed by atoms with E-state index in [0.29, 0.717) is 22.6 Å². The summed E-state index contributed by atoms with van der Waals surface area (Å²) in [7, 11) is 0. The van der Waals surface area contributed by atoms with Gasteiger partial charge in [0.2, 0.25) is 16.2 Å². The van der Waals surface area contributed by atoms with Gasteiger partial charge in [-0.1, -0.05) is 17.8 Å². The summed E-state index contributed by atoms with van der Waals surface area (Å²) in [6, 6.07) is 0. The van der Waals surface area contributed by atoms with Crippen LogP contribution in [-0.4, -0.2) is 16.1 Å². The number of hydrogen-bond acceptors (Lipinski definition) is 5. The van der Waals surface area contributed by atoms with Gasteiger partial charge in [0, 0.05) is 6.42 Å². The third-order valence-corrected chi connectivity index (χ3v) is 4.69. The van der Waals surface area contributed by atoms with Crippen molar-refractivity contribution in [2.75, 3.05) is 11.1 Å². The standard InChI is InChI=1S/C11H16N4OS/c12-10-14-15-11(17-10)13-9(16)5-8-4-6-1-2-7(8)3-6/h6-8H,1-5H2,(H2,12,14)(H,13,15,16). The molecule has 1 aromatic heterocycles. The van der Waals surface area contributed by atoms with Crippen LogP contribution in [-0.2, 0) is 4.79 Å². The van der Waals surface area contributed by atoms with Crippen LogP contribution in [0.4, 0.5) is 10.3 Å². The molecule has 3 rings (SSSR count). The van der Waals surface area contributed by atoms with E-state index in [1.165, 1.54) is 37.0 Å². The summed E-state index contributed by atoms with van der Waals surface area (Å²) in [5.74, 6) is 2.30. The lowest BCUT2D eigenvalue weighted by atomic mass is 9.86. The number of nitrogens with one attached hydrogen (secondary N) is 1. The number of fused-ring (bicyclic) bond motifs is 2. The Kier molecular flexibility index (Phi) is 2.74. The van der Waals surface area contributed by atoms with E-state index in [4.69, 9.17) is 5.73 Å². The molecule has 2 aliphatic rings. The van der Waals surface area contributed by atoms with Crippen molar-refractivity contribution in [3.05, 3.63) is 0 Å². The van der Waals surface area contributed by atoms with E-state index in [1.807, 2.05) is 0 Å². The normalized spacial score (nSPS) is 30.7. The molecule has 1 aromatic rings. The average molecular weight is 252 g/mol. The highest BCUT2D eigenvalue weighted by Gasteiger charge is 2.40. The molecule has 0 aliphatic heterocycles. The molecule has 92 valence electrons. The monoisotopic (exact) mass is 252 g/mol. The molecular formula is C11H16N4OS. The molecule has 0 saturated heterocycles. The Morgan fingerprint density at radius 2 is 2.29 bits per heavy atom. The number of nitrogens with zero attached hydrogens (tertiary/aromatic N) is 2. The molecule has 0 radical (unpaired) electrons. The van der Waals surface area contributed by atoms with E-state index >= 15 is 0 Å². The van der Waals surface area contributed by atoms with Crippen molar-refractivity contribution < 1.29 is 4.79 Å². The second-order valence-corrected chi connectivity index (χ2v) is 6.14. The first-order valence-electron chi connectivity index (χ1n) is 6.09.